The van der Waals surface area contributed by atoms with Gasteiger partial charge in [-0.25, -0.2) is 0 Å². The molecule has 0 saturated carbocycles. The minimum atomic E-state index is 0.00758. The topological polar surface area (TPSA) is 21.3 Å². The molecule has 2 heterocycles. The van der Waals surface area contributed by atoms with Gasteiger partial charge in [-0.1, -0.05) is 36.4 Å². The van der Waals surface area contributed by atoms with Crippen molar-refractivity contribution >= 4 is 11.3 Å². The van der Waals surface area contributed by atoms with Crippen LogP contribution in [0.25, 0.3) is 0 Å². The Bertz CT molecular complexity index is 623. The zero-order chi connectivity index (χ0) is 17.7. The minimum absolute atomic E-state index is 0.00758. The third kappa shape index (κ3) is 5.16. The molecule has 0 aliphatic carbocycles. The minimum Gasteiger partial charge on any atom is -0.376 e. The molecule has 0 amide bonds. The quantitative estimate of drug-likeness (QED) is 0.678. The van der Waals surface area contributed by atoms with Crippen LogP contribution >= 0.6 is 11.3 Å². The molecule has 0 spiro atoms. The SMILES string of the molecule is CC(NCCC(c1ccccc1)C1CCOC(C)(C)C1)c1cccs1. The van der Waals surface area contributed by atoms with Gasteiger partial charge >= 0.3 is 0 Å². The summed E-state index contributed by atoms with van der Waals surface area (Å²) in [6.07, 6.45) is 3.50. The largest absolute Gasteiger partial charge is 0.376 e. The van der Waals surface area contributed by atoms with E-state index in [1.807, 2.05) is 11.3 Å². The van der Waals surface area contributed by atoms with Crippen LogP contribution in [0.2, 0.25) is 0 Å². The van der Waals surface area contributed by atoms with Crippen LogP contribution in [0.15, 0.2) is 47.8 Å². The van der Waals surface area contributed by atoms with Crippen LogP contribution in [0.1, 0.15) is 62.4 Å². The maximum atomic E-state index is 5.96. The van der Waals surface area contributed by atoms with E-state index in [-0.39, 0.29) is 5.60 Å². The normalized spacial score (nSPS) is 22.4. The predicted octanol–water partition coefficient (Wildman–Crippen LogP) is 5.78. The van der Waals surface area contributed by atoms with E-state index in [4.69, 9.17) is 4.74 Å². The number of nitrogens with one attached hydrogen (secondary N) is 1. The summed E-state index contributed by atoms with van der Waals surface area (Å²) in [5.41, 5.74) is 1.49. The van der Waals surface area contributed by atoms with Gasteiger partial charge < -0.3 is 10.1 Å². The van der Waals surface area contributed by atoms with E-state index < -0.39 is 0 Å². The van der Waals surface area contributed by atoms with Crippen LogP contribution in [-0.2, 0) is 4.74 Å². The number of rotatable bonds is 7. The number of benzene rings is 1. The zero-order valence-corrected chi connectivity index (χ0v) is 16.5. The molecule has 1 fully saturated rings. The Kier molecular flexibility index (Phi) is 6.32. The van der Waals surface area contributed by atoms with Crippen molar-refractivity contribution < 1.29 is 4.74 Å². The first-order valence-electron chi connectivity index (χ1n) is 9.51. The fraction of sp³-hybridized carbons (Fsp3) is 0.545. The molecule has 1 aromatic heterocycles. The molecule has 2 nitrogen and oxygen atoms in total. The van der Waals surface area contributed by atoms with Gasteiger partial charge in [-0.15, -0.1) is 11.3 Å². The number of hydrogen-bond acceptors (Lipinski definition) is 3. The number of ether oxygens (including phenoxy) is 1. The van der Waals surface area contributed by atoms with Gasteiger partial charge in [-0.05, 0) is 75.4 Å². The van der Waals surface area contributed by atoms with Crippen molar-refractivity contribution in [3.8, 4) is 0 Å². The summed E-state index contributed by atoms with van der Waals surface area (Å²) in [6, 6.07) is 15.9. The summed E-state index contributed by atoms with van der Waals surface area (Å²) < 4.78 is 5.96. The smallest absolute Gasteiger partial charge is 0.0629 e. The van der Waals surface area contributed by atoms with Gasteiger partial charge in [0.15, 0.2) is 0 Å². The van der Waals surface area contributed by atoms with Crippen LogP contribution in [0.4, 0.5) is 0 Å². The van der Waals surface area contributed by atoms with Gasteiger partial charge in [0, 0.05) is 17.5 Å². The van der Waals surface area contributed by atoms with Gasteiger partial charge in [0.1, 0.15) is 0 Å². The summed E-state index contributed by atoms with van der Waals surface area (Å²) >= 11 is 1.84. The molecule has 3 atom stereocenters. The van der Waals surface area contributed by atoms with E-state index >= 15 is 0 Å². The second kappa shape index (κ2) is 8.48. The first-order chi connectivity index (χ1) is 12.1. The number of thiophene rings is 1. The average molecular weight is 358 g/mol. The van der Waals surface area contributed by atoms with Crippen LogP contribution in [0, 0.1) is 5.92 Å². The number of hydrogen-bond donors (Lipinski definition) is 1. The van der Waals surface area contributed by atoms with Crippen molar-refractivity contribution in [3.63, 3.8) is 0 Å². The first-order valence-corrected chi connectivity index (χ1v) is 10.4. The fourth-order valence-corrected chi connectivity index (χ4v) is 4.85. The molecule has 0 radical (unpaired) electrons. The molecular formula is C22H31NOS. The standard InChI is InChI=1S/C22H31NOS/c1-17(21-10-7-15-25-21)23-13-11-20(18-8-5-4-6-9-18)19-12-14-24-22(2,3)16-19/h4-10,15,17,19-20,23H,11-14,16H2,1-3H3. The Hall–Kier alpha value is -1.16. The summed E-state index contributed by atoms with van der Waals surface area (Å²) in [7, 11) is 0. The maximum Gasteiger partial charge on any atom is 0.0629 e. The molecule has 3 heteroatoms. The molecule has 2 aromatic rings. The highest BCUT2D eigenvalue weighted by molar-refractivity contribution is 7.10. The fourth-order valence-electron chi connectivity index (χ4n) is 4.09. The van der Waals surface area contributed by atoms with E-state index in [1.54, 1.807) is 0 Å². The van der Waals surface area contributed by atoms with E-state index in [1.165, 1.54) is 23.3 Å². The van der Waals surface area contributed by atoms with Crippen LogP contribution in [0.3, 0.4) is 0 Å². The van der Waals surface area contributed by atoms with Crippen molar-refractivity contribution in [1.82, 2.24) is 5.32 Å². The lowest BCUT2D eigenvalue weighted by Gasteiger charge is -2.39. The lowest BCUT2D eigenvalue weighted by molar-refractivity contribution is -0.0772. The van der Waals surface area contributed by atoms with Crippen molar-refractivity contribution in [1.29, 1.82) is 0 Å². The Morgan fingerprint density at radius 3 is 2.68 bits per heavy atom. The zero-order valence-electron chi connectivity index (χ0n) is 15.7. The second-order valence-electron chi connectivity index (χ2n) is 7.86. The molecule has 1 aromatic carbocycles. The molecule has 136 valence electrons. The third-order valence-electron chi connectivity index (χ3n) is 5.41. The molecule has 25 heavy (non-hydrogen) atoms. The van der Waals surface area contributed by atoms with Gasteiger partial charge in [0.05, 0.1) is 5.60 Å². The van der Waals surface area contributed by atoms with Gasteiger partial charge in [0.2, 0.25) is 0 Å². The lowest BCUT2D eigenvalue weighted by Crippen LogP contribution is -2.37. The van der Waals surface area contributed by atoms with E-state index in [0.29, 0.717) is 17.9 Å². The summed E-state index contributed by atoms with van der Waals surface area (Å²) in [6.45, 7) is 8.67. The highest BCUT2D eigenvalue weighted by Gasteiger charge is 2.33. The van der Waals surface area contributed by atoms with Gasteiger partial charge in [0.25, 0.3) is 0 Å². The van der Waals surface area contributed by atoms with Crippen LogP contribution in [-0.4, -0.2) is 18.8 Å². The Labute approximate surface area is 156 Å². The monoisotopic (exact) mass is 357 g/mol. The highest BCUT2D eigenvalue weighted by Crippen LogP contribution is 2.39. The molecule has 3 unspecified atom stereocenters. The average Bonchev–Trinajstić information content (AvgIpc) is 3.13. The van der Waals surface area contributed by atoms with Crippen molar-refractivity contribution in [2.45, 2.75) is 57.6 Å². The second-order valence-corrected chi connectivity index (χ2v) is 8.84. The molecule has 1 aliphatic rings. The summed E-state index contributed by atoms with van der Waals surface area (Å²) in [5.74, 6) is 1.30. The molecule has 0 bridgehead atoms. The summed E-state index contributed by atoms with van der Waals surface area (Å²) in [4.78, 5) is 1.42. The Morgan fingerprint density at radius 1 is 1.20 bits per heavy atom. The lowest BCUT2D eigenvalue weighted by atomic mass is 9.75. The van der Waals surface area contributed by atoms with Crippen LogP contribution in [0.5, 0.6) is 0 Å². The highest BCUT2D eigenvalue weighted by atomic mass is 32.1. The molecule has 1 saturated heterocycles. The Balaban J connectivity index is 1.65. The molecule has 1 aliphatic heterocycles. The maximum absolute atomic E-state index is 5.96. The van der Waals surface area contributed by atoms with E-state index in [9.17, 15) is 0 Å². The van der Waals surface area contributed by atoms with E-state index in [0.717, 1.165) is 19.6 Å². The van der Waals surface area contributed by atoms with Crippen molar-refractivity contribution in [2.24, 2.45) is 5.92 Å². The van der Waals surface area contributed by atoms with Crippen molar-refractivity contribution in [2.75, 3.05) is 13.2 Å². The summed E-state index contributed by atoms with van der Waals surface area (Å²) in [5, 5.41) is 5.88. The molecular weight excluding hydrogens is 326 g/mol. The van der Waals surface area contributed by atoms with Crippen LogP contribution < -0.4 is 5.32 Å². The molecule has 3 rings (SSSR count). The van der Waals surface area contributed by atoms with Gasteiger partial charge in [-0.3, -0.25) is 0 Å². The van der Waals surface area contributed by atoms with Gasteiger partial charge in [-0.2, -0.15) is 0 Å². The Morgan fingerprint density at radius 2 is 2.00 bits per heavy atom. The van der Waals surface area contributed by atoms with Crippen molar-refractivity contribution in [3.05, 3.63) is 58.3 Å². The van der Waals surface area contributed by atoms with E-state index in [2.05, 4.69) is 73.9 Å². The third-order valence-corrected chi connectivity index (χ3v) is 6.46. The molecule has 1 N–H and O–H groups in total. The first kappa shape index (κ1) is 18.6. The predicted molar refractivity (Wildman–Crippen MR) is 107 cm³/mol.